The van der Waals surface area contributed by atoms with Crippen molar-refractivity contribution in [3.05, 3.63) is 29.3 Å². The summed E-state index contributed by atoms with van der Waals surface area (Å²) in [4.78, 5) is 14.0. The van der Waals surface area contributed by atoms with Gasteiger partial charge < -0.3 is 14.4 Å². The second kappa shape index (κ2) is 9.21. The fraction of sp³-hybridized carbons (Fsp3) is 0.682. The van der Waals surface area contributed by atoms with Gasteiger partial charge in [0.2, 0.25) is 0 Å². The normalized spacial score (nSPS) is 22.6. The number of hydrogen-bond donors (Lipinski definition) is 0. The number of benzene rings is 1. The number of piperidine rings is 1. The van der Waals surface area contributed by atoms with Crippen molar-refractivity contribution in [1.29, 1.82) is 0 Å². The van der Waals surface area contributed by atoms with Crippen molar-refractivity contribution in [2.75, 3.05) is 26.0 Å². The maximum absolute atomic E-state index is 13.8. The zero-order chi connectivity index (χ0) is 21.2. The first-order valence-electron chi connectivity index (χ1n) is 10.3. The molecule has 7 heteroatoms. The monoisotopic (exact) mass is 427 g/mol. The molecule has 1 saturated carbocycles. The van der Waals surface area contributed by atoms with Crippen LogP contribution in [0.4, 0.5) is 13.6 Å². The highest BCUT2D eigenvalue weighted by Gasteiger charge is 2.44. The summed E-state index contributed by atoms with van der Waals surface area (Å²) in [5.74, 6) is 0.684. The largest absolute Gasteiger partial charge is 0.444 e. The number of carbonyl (C=O) groups is 1. The number of hydrogen-bond acceptors (Lipinski definition) is 4. The quantitative estimate of drug-likeness (QED) is 0.563. The molecule has 2 aliphatic rings. The maximum Gasteiger partial charge on any atom is 0.410 e. The Kier molecular flexibility index (Phi) is 7.10. The Labute approximate surface area is 176 Å². The van der Waals surface area contributed by atoms with Crippen LogP contribution in [0.2, 0.25) is 0 Å². The van der Waals surface area contributed by atoms with Gasteiger partial charge in [-0.2, -0.15) is 0 Å². The van der Waals surface area contributed by atoms with Crippen LogP contribution in [0.5, 0.6) is 0 Å². The third-order valence-corrected chi connectivity index (χ3v) is 6.44. The lowest BCUT2D eigenvalue weighted by atomic mass is 9.91. The average Bonchev–Trinajstić information content (AvgIpc) is 3.40. The molecule has 0 aromatic heterocycles. The summed E-state index contributed by atoms with van der Waals surface area (Å²) in [5, 5.41) is 0. The van der Waals surface area contributed by atoms with Gasteiger partial charge in [0.15, 0.2) is 0 Å². The molecular weight excluding hydrogens is 396 g/mol. The SMILES string of the molecule is CSc1c(F)cc(COCC2C[C@@H]2C2CCN(C(=O)OC(C)(C)C)CC2)cc1F. The number of likely N-dealkylation sites (tertiary alicyclic amines) is 1. The van der Waals surface area contributed by atoms with Crippen LogP contribution in [-0.4, -0.2) is 42.5 Å². The zero-order valence-corrected chi connectivity index (χ0v) is 18.5. The molecule has 0 radical (unpaired) electrons. The molecule has 3 rings (SSSR count). The standard InChI is InChI=1S/C22H31F2NO3S/c1-22(2,3)28-21(26)25-7-5-15(6-8-25)17-11-16(17)13-27-12-14-9-18(23)20(29-4)19(24)10-14/h9-10,15-17H,5-8,11-13H2,1-4H3/t16?,17-/m1/s1. The van der Waals surface area contributed by atoms with Crippen LogP contribution in [0.1, 0.15) is 45.6 Å². The molecule has 4 nitrogen and oxygen atoms in total. The molecular formula is C22H31F2NO3S. The van der Waals surface area contributed by atoms with Gasteiger partial charge >= 0.3 is 6.09 Å². The van der Waals surface area contributed by atoms with Crippen LogP contribution in [0.3, 0.4) is 0 Å². The van der Waals surface area contributed by atoms with Gasteiger partial charge in [-0.25, -0.2) is 13.6 Å². The smallest absolute Gasteiger partial charge is 0.410 e. The Morgan fingerprint density at radius 1 is 1.21 bits per heavy atom. The van der Waals surface area contributed by atoms with E-state index in [4.69, 9.17) is 9.47 Å². The van der Waals surface area contributed by atoms with E-state index in [1.807, 2.05) is 20.8 Å². The number of amides is 1. The van der Waals surface area contributed by atoms with Gasteiger partial charge in [-0.1, -0.05) is 0 Å². The third kappa shape index (κ3) is 6.07. The maximum atomic E-state index is 13.8. The predicted molar refractivity (Wildman–Crippen MR) is 110 cm³/mol. The summed E-state index contributed by atoms with van der Waals surface area (Å²) in [6.07, 6.45) is 4.55. The second-order valence-corrected chi connectivity index (χ2v) is 9.89. The molecule has 1 aromatic rings. The fourth-order valence-electron chi connectivity index (χ4n) is 4.10. The first-order chi connectivity index (χ1) is 13.7. The minimum Gasteiger partial charge on any atom is -0.444 e. The number of halogens is 2. The lowest BCUT2D eigenvalue weighted by Crippen LogP contribution is -2.42. The number of carbonyl (C=O) groups excluding carboxylic acids is 1. The molecule has 1 heterocycles. The number of rotatable bonds is 6. The van der Waals surface area contributed by atoms with Gasteiger partial charge in [-0.05, 0) is 81.7 Å². The van der Waals surface area contributed by atoms with E-state index in [-0.39, 0.29) is 17.6 Å². The molecule has 162 valence electrons. The van der Waals surface area contributed by atoms with E-state index < -0.39 is 17.2 Å². The molecule has 1 aliphatic heterocycles. The van der Waals surface area contributed by atoms with E-state index in [0.717, 1.165) is 44.1 Å². The fourth-order valence-corrected chi connectivity index (χ4v) is 4.60. The molecule has 1 aromatic carbocycles. The van der Waals surface area contributed by atoms with Crippen molar-refractivity contribution >= 4 is 17.9 Å². The molecule has 0 spiro atoms. The molecule has 1 saturated heterocycles. The van der Waals surface area contributed by atoms with Crippen LogP contribution >= 0.6 is 11.8 Å². The van der Waals surface area contributed by atoms with Crippen LogP contribution in [0, 0.1) is 29.4 Å². The van der Waals surface area contributed by atoms with Crippen molar-refractivity contribution in [3.63, 3.8) is 0 Å². The zero-order valence-electron chi connectivity index (χ0n) is 17.7. The highest BCUT2D eigenvalue weighted by molar-refractivity contribution is 7.98. The predicted octanol–water partition coefficient (Wildman–Crippen LogP) is 5.49. The number of ether oxygens (including phenoxy) is 2. The Morgan fingerprint density at radius 3 is 2.38 bits per heavy atom. The molecule has 0 bridgehead atoms. The molecule has 29 heavy (non-hydrogen) atoms. The van der Waals surface area contributed by atoms with Gasteiger partial charge in [0.05, 0.1) is 18.1 Å². The topological polar surface area (TPSA) is 38.8 Å². The van der Waals surface area contributed by atoms with Crippen molar-refractivity contribution in [3.8, 4) is 0 Å². The minimum atomic E-state index is -0.530. The Balaban J connectivity index is 1.38. The summed E-state index contributed by atoms with van der Waals surface area (Å²) >= 11 is 1.07. The van der Waals surface area contributed by atoms with Gasteiger partial charge in [0.25, 0.3) is 0 Å². The summed E-state index contributed by atoms with van der Waals surface area (Å²) in [6.45, 7) is 7.96. The molecule has 1 unspecified atom stereocenters. The lowest BCUT2D eigenvalue weighted by molar-refractivity contribution is 0.0170. The Hall–Kier alpha value is -1.34. The van der Waals surface area contributed by atoms with Gasteiger partial charge in [0, 0.05) is 13.1 Å². The van der Waals surface area contributed by atoms with Crippen LogP contribution in [0.15, 0.2) is 17.0 Å². The van der Waals surface area contributed by atoms with Crippen molar-refractivity contribution in [2.45, 2.75) is 57.1 Å². The van der Waals surface area contributed by atoms with E-state index in [2.05, 4.69) is 0 Å². The summed E-state index contributed by atoms with van der Waals surface area (Å²) in [5.41, 5.74) is 0.0645. The third-order valence-electron chi connectivity index (χ3n) is 5.64. The highest BCUT2D eigenvalue weighted by Crippen LogP contribution is 2.48. The summed E-state index contributed by atoms with van der Waals surface area (Å²) in [6, 6.07) is 2.71. The van der Waals surface area contributed by atoms with Gasteiger partial charge in [0.1, 0.15) is 17.2 Å². The van der Waals surface area contributed by atoms with Crippen molar-refractivity contribution in [2.24, 2.45) is 17.8 Å². The van der Waals surface area contributed by atoms with Crippen molar-refractivity contribution < 1.29 is 23.0 Å². The minimum absolute atomic E-state index is 0.0498. The van der Waals surface area contributed by atoms with Crippen LogP contribution < -0.4 is 0 Å². The number of thioether (sulfide) groups is 1. The van der Waals surface area contributed by atoms with E-state index in [1.165, 1.54) is 12.1 Å². The lowest BCUT2D eigenvalue weighted by Gasteiger charge is -2.33. The molecule has 0 N–H and O–H groups in total. The molecule has 2 fully saturated rings. The first kappa shape index (κ1) is 22.3. The molecule has 1 aliphatic carbocycles. The van der Waals surface area contributed by atoms with Gasteiger partial charge in [-0.3, -0.25) is 0 Å². The molecule has 2 atom stereocenters. The first-order valence-corrected chi connectivity index (χ1v) is 11.5. The van der Waals surface area contributed by atoms with Crippen LogP contribution in [-0.2, 0) is 16.1 Å². The Bertz CT molecular complexity index is 706. The van der Waals surface area contributed by atoms with Gasteiger partial charge in [-0.15, -0.1) is 11.8 Å². The summed E-state index contributed by atoms with van der Waals surface area (Å²) < 4.78 is 38.9. The van der Waals surface area contributed by atoms with Crippen molar-refractivity contribution in [1.82, 2.24) is 4.90 Å². The number of nitrogens with zero attached hydrogens (tertiary/aromatic N) is 1. The van der Waals surface area contributed by atoms with E-state index >= 15 is 0 Å². The van der Waals surface area contributed by atoms with E-state index in [1.54, 1.807) is 11.2 Å². The van der Waals surface area contributed by atoms with E-state index in [0.29, 0.717) is 29.9 Å². The van der Waals surface area contributed by atoms with Crippen LogP contribution in [0.25, 0.3) is 0 Å². The van der Waals surface area contributed by atoms with E-state index in [9.17, 15) is 13.6 Å². The Morgan fingerprint density at radius 2 is 1.83 bits per heavy atom. The second-order valence-electron chi connectivity index (χ2n) is 9.07. The highest BCUT2D eigenvalue weighted by atomic mass is 32.2. The molecule has 1 amide bonds. The summed E-state index contributed by atoms with van der Waals surface area (Å²) in [7, 11) is 0. The average molecular weight is 428 g/mol.